The van der Waals surface area contributed by atoms with Gasteiger partial charge in [-0.1, -0.05) is 0 Å². The summed E-state index contributed by atoms with van der Waals surface area (Å²) in [5.74, 6) is -0.563. The molecule has 2 fully saturated rings. The lowest BCUT2D eigenvalue weighted by Gasteiger charge is -2.29. The zero-order valence-corrected chi connectivity index (χ0v) is 19.2. The van der Waals surface area contributed by atoms with Gasteiger partial charge >= 0.3 is 5.97 Å². The fraction of sp³-hybridized carbons (Fsp3) is 0.440. The quantitative estimate of drug-likeness (QED) is 0.466. The van der Waals surface area contributed by atoms with Crippen molar-refractivity contribution in [1.82, 2.24) is 14.7 Å². The molecule has 3 aromatic rings. The monoisotopic (exact) mass is 464 g/mol. The second kappa shape index (κ2) is 9.42. The minimum atomic E-state index is -0.268. The van der Waals surface area contributed by atoms with E-state index in [1.807, 2.05) is 18.2 Å². The number of aromatic nitrogens is 2. The van der Waals surface area contributed by atoms with E-state index in [4.69, 9.17) is 9.47 Å². The molecular formula is C25H28N4O5. The molecule has 5 rings (SSSR count). The number of nitrogens with zero attached hydrogens (tertiary/aromatic N) is 3. The van der Waals surface area contributed by atoms with Gasteiger partial charge in [0.25, 0.3) is 11.5 Å². The highest BCUT2D eigenvalue weighted by atomic mass is 16.5. The van der Waals surface area contributed by atoms with Crippen molar-refractivity contribution in [3.8, 4) is 0 Å². The number of hydrogen-bond donors (Lipinski definition) is 1. The van der Waals surface area contributed by atoms with Crippen LogP contribution in [0.1, 0.15) is 36.0 Å². The van der Waals surface area contributed by atoms with Crippen molar-refractivity contribution < 1.29 is 19.1 Å². The molecular weight excluding hydrogens is 436 g/mol. The molecule has 0 atom stereocenters. The highest BCUT2D eigenvalue weighted by Crippen LogP contribution is 2.26. The number of morpholine rings is 1. The number of rotatable bonds is 4. The highest BCUT2D eigenvalue weighted by Gasteiger charge is 2.28. The number of esters is 1. The van der Waals surface area contributed by atoms with Gasteiger partial charge in [-0.3, -0.25) is 18.8 Å². The second-order valence-corrected chi connectivity index (χ2v) is 8.88. The first-order chi connectivity index (χ1) is 16.5. The Kier molecular flexibility index (Phi) is 6.19. The average molecular weight is 465 g/mol. The zero-order chi connectivity index (χ0) is 23.7. The lowest BCUT2D eigenvalue weighted by Crippen LogP contribution is -2.39. The SMILES string of the molecule is COC(=O)[C@H]1CC[C@@H](NC(=O)c2cccn3c(=O)c4cc(N5CCOCC5)ccc4nc23)CC1. The summed E-state index contributed by atoms with van der Waals surface area (Å²) in [6.07, 6.45) is 4.42. The van der Waals surface area contributed by atoms with E-state index in [1.54, 1.807) is 18.3 Å². The molecule has 0 unspecified atom stereocenters. The molecule has 9 nitrogen and oxygen atoms in total. The van der Waals surface area contributed by atoms with Crippen LogP contribution in [0.4, 0.5) is 5.69 Å². The number of nitrogens with one attached hydrogen (secondary N) is 1. The molecule has 9 heteroatoms. The highest BCUT2D eigenvalue weighted by molar-refractivity contribution is 6.00. The van der Waals surface area contributed by atoms with Gasteiger partial charge in [-0.25, -0.2) is 4.98 Å². The van der Waals surface area contributed by atoms with Crippen LogP contribution in [0.5, 0.6) is 0 Å². The number of anilines is 1. The number of methoxy groups -OCH3 is 1. The topological polar surface area (TPSA) is 102 Å². The predicted molar refractivity (Wildman–Crippen MR) is 127 cm³/mol. The first-order valence-corrected chi connectivity index (χ1v) is 11.7. The van der Waals surface area contributed by atoms with Gasteiger partial charge in [-0.05, 0) is 56.0 Å². The molecule has 1 saturated heterocycles. The number of carbonyl (C=O) groups is 2. The Bertz CT molecular complexity index is 1290. The zero-order valence-electron chi connectivity index (χ0n) is 19.2. The third-order valence-corrected chi connectivity index (χ3v) is 6.84. The molecule has 2 aromatic heterocycles. The summed E-state index contributed by atoms with van der Waals surface area (Å²) in [5.41, 5.74) is 2.00. The van der Waals surface area contributed by atoms with Crippen LogP contribution in [0, 0.1) is 5.92 Å². The normalized spacial score (nSPS) is 20.9. The van der Waals surface area contributed by atoms with Gasteiger partial charge in [0.2, 0.25) is 0 Å². The molecule has 0 bridgehead atoms. The number of hydrogen-bond acceptors (Lipinski definition) is 7. The standard InChI is InChI=1S/C25H28N4O5/c1-33-25(32)16-4-6-17(7-5-16)26-23(30)19-3-2-10-29-22(19)27-21-9-8-18(15-20(21)24(29)31)28-11-13-34-14-12-28/h2-3,8-10,15-17H,4-7,11-14H2,1H3,(H,26,30)/t16-,17+. The molecule has 3 heterocycles. The first-order valence-electron chi connectivity index (χ1n) is 11.7. The summed E-state index contributed by atoms with van der Waals surface area (Å²) in [4.78, 5) is 45.1. The molecule has 1 aliphatic heterocycles. The Morgan fingerprint density at radius 3 is 2.62 bits per heavy atom. The molecule has 34 heavy (non-hydrogen) atoms. The smallest absolute Gasteiger partial charge is 0.308 e. The maximum Gasteiger partial charge on any atom is 0.308 e. The van der Waals surface area contributed by atoms with Gasteiger partial charge in [-0.15, -0.1) is 0 Å². The number of carbonyl (C=O) groups excluding carboxylic acids is 2. The van der Waals surface area contributed by atoms with Crippen LogP contribution in [0.25, 0.3) is 16.6 Å². The van der Waals surface area contributed by atoms with E-state index in [0.717, 1.165) is 18.8 Å². The van der Waals surface area contributed by atoms with Gasteiger partial charge < -0.3 is 19.7 Å². The minimum absolute atomic E-state index is 0.0306. The van der Waals surface area contributed by atoms with E-state index in [-0.39, 0.29) is 29.4 Å². The average Bonchev–Trinajstić information content (AvgIpc) is 2.89. The fourth-order valence-corrected chi connectivity index (χ4v) is 4.91. The Balaban J connectivity index is 1.41. The Morgan fingerprint density at radius 2 is 1.88 bits per heavy atom. The molecule has 1 aliphatic carbocycles. The Morgan fingerprint density at radius 1 is 1.12 bits per heavy atom. The maximum atomic E-state index is 13.3. The molecule has 178 valence electrons. The third kappa shape index (κ3) is 4.23. The van der Waals surface area contributed by atoms with Gasteiger partial charge in [-0.2, -0.15) is 0 Å². The second-order valence-electron chi connectivity index (χ2n) is 8.88. The molecule has 0 radical (unpaired) electrons. The van der Waals surface area contributed by atoms with Crippen LogP contribution in [-0.4, -0.2) is 60.7 Å². The van der Waals surface area contributed by atoms with Crippen molar-refractivity contribution in [2.24, 2.45) is 5.92 Å². The van der Waals surface area contributed by atoms with Crippen molar-refractivity contribution in [3.05, 3.63) is 52.4 Å². The van der Waals surface area contributed by atoms with Gasteiger partial charge in [0.1, 0.15) is 0 Å². The van der Waals surface area contributed by atoms with E-state index in [0.29, 0.717) is 61.0 Å². The van der Waals surface area contributed by atoms with E-state index >= 15 is 0 Å². The molecule has 1 saturated carbocycles. The van der Waals surface area contributed by atoms with Crippen LogP contribution in [0.15, 0.2) is 41.3 Å². The van der Waals surface area contributed by atoms with Crippen LogP contribution < -0.4 is 15.8 Å². The lowest BCUT2D eigenvalue weighted by molar-refractivity contribution is -0.146. The van der Waals surface area contributed by atoms with Crippen LogP contribution in [-0.2, 0) is 14.3 Å². The van der Waals surface area contributed by atoms with Crippen molar-refractivity contribution in [2.75, 3.05) is 38.3 Å². The van der Waals surface area contributed by atoms with Gasteiger partial charge in [0.05, 0.1) is 42.7 Å². The van der Waals surface area contributed by atoms with E-state index in [1.165, 1.54) is 11.5 Å². The van der Waals surface area contributed by atoms with E-state index < -0.39 is 0 Å². The molecule has 1 amide bonds. The van der Waals surface area contributed by atoms with Crippen molar-refractivity contribution in [2.45, 2.75) is 31.7 Å². The number of benzene rings is 1. The molecule has 2 aliphatic rings. The van der Waals surface area contributed by atoms with Crippen LogP contribution >= 0.6 is 0 Å². The van der Waals surface area contributed by atoms with Crippen LogP contribution in [0.3, 0.4) is 0 Å². The summed E-state index contributed by atoms with van der Waals surface area (Å²) in [7, 11) is 1.40. The van der Waals surface area contributed by atoms with E-state index in [9.17, 15) is 14.4 Å². The van der Waals surface area contributed by atoms with Crippen molar-refractivity contribution in [3.63, 3.8) is 0 Å². The largest absolute Gasteiger partial charge is 0.469 e. The third-order valence-electron chi connectivity index (χ3n) is 6.84. The number of pyridine rings is 1. The van der Waals surface area contributed by atoms with Gasteiger partial charge in [0, 0.05) is 31.0 Å². The molecule has 1 N–H and O–H groups in total. The molecule has 0 spiro atoms. The maximum absolute atomic E-state index is 13.3. The molecule has 1 aromatic carbocycles. The van der Waals surface area contributed by atoms with Crippen LogP contribution in [0.2, 0.25) is 0 Å². The summed E-state index contributed by atoms with van der Waals surface area (Å²) < 4.78 is 11.7. The number of amides is 1. The summed E-state index contributed by atoms with van der Waals surface area (Å²) in [5, 5.41) is 3.57. The summed E-state index contributed by atoms with van der Waals surface area (Å²) in [6, 6.07) is 9.01. The minimum Gasteiger partial charge on any atom is -0.469 e. The number of fused-ring (bicyclic) bond motifs is 2. The Labute approximate surface area is 196 Å². The lowest BCUT2D eigenvalue weighted by atomic mass is 9.86. The van der Waals surface area contributed by atoms with Gasteiger partial charge in [0.15, 0.2) is 5.65 Å². The summed E-state index contributed by atoms with van der Waals surface area (Å²) in [6.45, 7) is 2.88. The summed E-state index contributed by atoms with van der Waals surface area (Å²) >= 11 is 0. The van der Waals surface area contributed by atoms with E-state index in [2.05, 4.69) is 15.2 Å². The first kappa shape index (κ1) is 22.3. The number of ether oxygens (including phenoxy) is 2. The van der Waals surface area contributed by atoms with Crippen molar-refractivity contribution in [1.29, 1.82) is 0 Å². The Hall–Kier alpha value is -3.46. The predicted octanol–water partition coefficient (Wildman–Crippen LogP) is 2.15. The van der Waals surface area contributed by atoms with Crippen molar-refractivity contribution >= 4 is 34.1 Å². The fourth-order valence-electron chi connectivity index (χ4n) is 4.91.